The number of fused-ring (bicyclic) bond motifs is 7. The van der Waals surface area contributed by atoms with Crippen molar-refractivity contribution >= 4 is 39.3 Å². The Morgan fingerprint density at radius 2 is 1.54 bits per heavy atom. The zero-order chi connectivity index (χ0) is 17.4. The molecule has 3 aromatic rings. The molecule has 2 aromatic carbocycles. The minimum Gasteiger partial charge on any atom is -0.373 e. The number of carbonyl (C=O) groups is 2. The third kappa shape index (κ3) is 1.76. The fourth-order valence-corrected chi connectivity index (χ4v) is 4.87. The molecule has 26 heavy (non-hydrogen) atoms. The SMILES string of the molecule is O=C1[C@@H]2[C@H](C(=O)N1c1ccc3nc4ccccc4cc3c1)[C@H]1CC[C@H]2O1. The number of nitrogens with zero attached hydrogens (tertiary/aromatic N) is 2. The number of rotatable bonds is 1. The first-order valence-electron chi connectivity index (χ1n) is 9.03. The highest BCUT2D eigenvalue weighted by Gasteiger charge is 2.62. The van der Waals surface area contributed by atoms with E-state index in [1.165, 1.54) is 4.90 Å². The van der Waals surface area contributed by atoms with Gasteiger partial charge in [0.25, 0.3) is 0 Å². The molecular formula is C21H16N2O3. The summed E-state index contributed by atoms with van der Waals surface area (Å²) in [5.41, 5.74) is 2.43. The van der Waals surface area contributed by atoms with Crippen LogP contribution in [0.15, 0.2) is 48.5 Å². The zero-order valence-corrected chi connectivity index (χ0v) is 14.0. The molecule has 0 aliphatic carbocycles. The molecule has 3 fully saturated rings. The summed E-state index contributed by atoms with van der Waals surface area (Å²) in [4.78, 5) is 31.9. The van der Waals surface area contributed by atoms with Crippen LogP contribution in [-0.4, -0.2) is 29.0 Å². The Labute approximate surface area is 149 Å². The average Bonchev–Trinajstić information content (AvgIpc) is 3.33. The van der Waals surface area contributed by atoms with E-state index in [2.05, 4.69) is 11.1 Å². The van der Waals surface area contributed by atoms with E-state index in [0.29, 0.717) is 5.69 Å². The molecule has 0 spiro atoms. The van der Waals surface area contributed by atoms with Gasteiger partial charge in [-0.1, -0.05) is 18.2 Å². The molecule has 2 amide bonds. The lowest BCUT2D eigenvalue weighted by Crippen LogP contribution is -2.34. The third-order valence-corrected chi connectivity index (χ3v) is 6.04. The Bertz CT molecular complexity index is 1080. The van der Waals surface area contributed by atoms with Crippen molar-refractivity contribution in [2.24, 2.45) is 11.8 Å². The lowest BCUT2D eigenvalue weighted by Gasteiger charge is -2.18. The van der Waals surface area contributed by atoms with Crippen LogP contribution in [0.25, 0.3) is 21.8 Å². The van der Waals surface area contributed by atoms with Crippen LogP contribution in [0.1, 0.15) is 12.8 Å². The van der Waals surface area contributed by atoms with Crippen LogP contribution in [0.2, 0.25) is 0 Å². The second-order valence-electron chi connectivity index (χ2n) is 7.41. The van der Waals surface area contributed by atoms with E-state index in [0.717, 1.165) is 34.6 Å². The molecule has 6 rings (SSSR count). The quantitative estimate of drug-likeness (QED) is 0.503. The lowest BCUT2D eigenvalue weighted by atomic mass is 9.81. The van der Waals surface area contributed by atoms with Crippen molar-refractivity contribution in [1.29, 1.82) is 0 Å². The van der Waals surface area contributed by atoms with Crippen molar-refractivity contribution in [3.63, 3.8) is 0 Å². The van der Waals surface area contributed by atoms with Crippen LogP contribution < -0.4 is 4.90 Å². The number of pyridine rings is 1. The predicted molar refractivity (Wildman–Crippen MR) is 96.6 cm³/mol. The summed E-state index contributed by atoms with van der Waals surface area (Å²) in [7, 11) is 0. The monoisotopic (exact) mass is 344 g/mol. The standard InChI is InChI=1S/C21H16N2O3/c24-20-18-16-7-8-17(26-16)19(18)21(25)23(20)13-5-6-15-12(10-13)9-11-3-1-2-4-14(11)22-15/h1-6,9-10,16-19H,7-8H2/t16-,17-,18-,19+/m1/s1. The number of para-hydroxylation sites is 1. The predicted octanol–water partition coefficient (Wildman–Crippen LogP) is 3.05. The summed E-state index contributed by atoms with van der Waals surface area (Å²) >= 11 is 0. The first kappa shape index (κ1) is 14.4. The smallest absolute Gasteiger partial charge is 0.240 e. The van der Waals surface area contributed by atoms with E-state index in [1.54, 1.807) is 0 Å². The first-order valence-corrected chi connectivity index (χ1v) is 9.03. The molecule has 2 bridgehead atoms. The topological polar surface area (TPSA) is 59.5 Å². The molecule has 0 saturated carbocycles. The molecule has 128 valence electrons. The largest absolute Gasteiger partial charge is 0.373 e. The van der Waals surface area contributed by atoms with Gasteiger partial charge in [-0.3, -0.25) is 9.59 Å². The number of carbonyl (C=O) groups excluding carboxylic acids is 2. The number of aromatic nitrogens is 1. The van der Waals surface area contributed by atoms with E-state index in [-0.39, 0.29) is 35.9 Å². The lowest BCUT2D eigenvalue weighted by molar-refractivity contribution is -0.124. The molecule has 1 aromatic heterocycles. The number of hydrogen-bond donors (Lipinski definition) is 0. The Kier molecular flexibility index (Phi) is 2.70. The Hall–Kier alpha value is -2.79. The Balaban J connectivity index is 1.47. The van der Waals surface area contributed by atoms with E-state index in [1.807, 2.05) is 42.5 Å². The van der Waals surface area contributed by atoms with Gasteiger partial charge in [0.2, 0.25) is 11.8 Å². The number of anilines is 1. The molecule has 3 aliphatic rings. The fraction of sp³-hybridized carbons (Fsp3) is 0.286. The van der Waals surface area contributed by atoms with Crippen LogP contribution in [0.4, 0.5) is 5.69 Å². The van der Waals surface area contributed by atoms with Crippen molar-refractivity contribution in [2.45, 2.75) is 25.0 Å². The number of hydrogen-bond acceptors (Lipinski definition) is 4. The van der Waals surface area contributed by atoms with Gasteiger partial charge in [-0.2, -0.15) is 0 Å². The molecule has 0 unspecified atom stereocenters. The van der Waals surface area contributed by atoms with Gasteiger partial charge in [-0.25, -0.2) is 9.88 Å². The fourth-order valence-electron chi connectivity index (χ4n) is 4.87. The molecule has 3 aliphatic heterocycles. The maximum atomic E-state index is 12.9. The van der Waals surface area contributed by atoms with E-state index >= 15 is 0 Å². The number of ether oxygens (including phenoxy) is 1. The van der Waals surface area contributed by atoms with Gasteiger partial charge in [0.1, 0.15) is 0 Å². The maximum Gasteiger partial charge on any atom is 0.240 e. The minimum atomic E-state index is -0.299. The van der Waals surface area contributed by atoms with Gasteiger partial charge in [0.05, 0.1) is 40.8 Å². The van der Waals surface area contributed by atoms with Gasteiger partial charge in [0.15, 0.2) is 0 Å². The van der Waals surface area contributed by atoms with Gasteiger partial charge < -0.3 is 4.74 Å². The zero-order valence-electron chi connectivity index (χ0n) is 14.0. The van der Waals surface area contributed by atoms with Crippen LogP contribution in [0.5, 0.6) is 0 Å². The summed E-state index contributed by atoms with van der Waals surface area (Å²) in [5, 5.41) is 1.97. The highest BCUT2D eigenvalue weighted by molar-refractivity contribution is 6.23. The highest BCUT2D eigenvalue weighted by atomic mass is 16.5. The third-order valence-electron chi connectivity index (χ3n) is 6.04. The van der Waals surface area contributed by atoms with Gasteiger partial charge >= 0.3 is 0 Å². The van der Waals surface area contributed by atoms with E-state index < -0.39 is 0 Å². The van der Waals surface area contributed by atoms with E-state index in [4.69, 9.17) is 4.74 Å². The van der Waals surface area contributed by atoms with Crippen LogP contribution in [0.3, 0.4) is 0 Å². The van der Waals surface area contributed by atoms with Crippen molar-refractivity contribution < 1.29 is 14.3 Å². The van der Waals surface area contributed by atoms with Gasteiger partial charge in [0, 0.05) is 10.8 Å². The summed E-state index contributed by atoms with van der Waals surface area (Å²) in [5.74, 6) is -0.820. The van der Waals surface area contributed by atoms with Crippen molar-refractivity contribution in [3.8, 4) is 0 Å². The number of amides is 2. The summed E-state index contributed by atoms with van der Waals surface area (Å²) < 4.78 is 5.80. The normalized spacial score (nSPS) is 29.9. The second-order valence-corrected chi connectivity index (χ2v) is 7.41. The summed E-state index contributed by atoms with van der Waals surface area (Å²) in [6.07, 6.45) is 1.59. The van der Waals surface area contributed by atoms with Crippen LogP contribution in [-0.2, 0) is 14.3 Å². The highest BCUT2D eigenvalue weighted by Crippen LogP contribution is 2.49. The molecule has 5 heteroatoms. The van der Waals surface area contributed by atoms with Crippen LogP contribution >= 0.6 is 0 Å². The second kappa shape index (κ2) is 4.89. The summed E-state index contributed by atoms with van der Waals surface area (Å²) in [6.45, 7) is 0. The Morgan fingerprint density at radius 1 is 0.846 bits per heavy atom. The minimum absolute atomic E-state index is 0.0856. The van der Waals surface area contributed by atoms with Crippen molar-refractivity contribution in [1.82, 2.24) is 4.98 Å². The van der Waals surface area contributed by atoms with Crippen molar-refractivity contribution in [3.05, 3.63) is 48.5 Å². The molecular weight excluding hydrogens is 328 g/mol. The van der Waals surface area contributed by atoms with Crippen molar-refractivity contribution in [2.75, 3.05) is 4.90 Å². The first-order chi connectivity index (χ1) is 12.7. The molecule has 0 N–H and O–H groups in total. The average molecular weight is 344 g/mol. The maximum absolute atomic E-state index is 12.9. The molecule has 4 heterocycles. The molecule has 5 nitrogen and oxygen atoms in total. The van der Waals surface area contributed by atoms with Gasteiger partial charge in [-0.05, 0) is 43.2 Å². The number of imide groups is 1. The molecule has 3 saturated heterocycles. The molecule has 0 radical (unpaired) electrons. The van der Waals surface area contributed by atoms with E-state index in [9.17, 15) is 9.59 Å². The summed E-state index contributed by atoms with van der Waals surface area (Å²) in [6, 6.07) is 15.6. The van der Waals surface area contributed by atoms with Gasteiger partial charge in [-0.15, -0.1) is 0 Å². The van der Waals surface area contributed by atoms with Crippen LogP contribution in [0, 0.1) is 11.8 Å². The Morgan fingerprint density at radius 3 is 2.31 bits per heavy atom. The molecule has 4 atom stereocenters. The number of benzene rings is 2.